The molecule has 2 saturated heterocycles. The molecule has 2 unspecified atom stereocenters. The molecule has 3 rings (SSSR count). The predicted molar refractivity (Wildman–Crippen MR) is 110 cm³/mol. The van der Waals surface area contributed by atoms with Crippen molar-refractivity contribution in [3.8, 4) is 5.75 Å². The minimum Gasteiger partial charge on any atom is -0.495 e. The molecule has 6 heteroatoms. The van der Waals surface area contributed by atoms with Gasteiger partial charge in [0.1, 0.15) is 5.75 Å². The largest absolute Gasteiger partial charge is 0.495 e. The Bertz CT molecular complexity index is 713. The van der Waals surface area contributed by atoms with Gasteiger partial charge < -0.3 is 9.64 Å². The molecule has 0 bridgehead atoms. The highest BCUT2D eigenvalue weighted by Gasteiger charge is 2.43. The van der Waals surface area contributed by atoms with Crippen LogP contribution in [0.25, 0.3) is 0 Å². The van der Waals surface area contributed by atoms with Crippen LogP contribution >= 0.6 is 0 Å². The Kier molecular flexibility index (Phi) is 6.73. The molecule has 2 heterocycles. The monoisotopic (exact) mass is 385 g/mol. The van der Waals surface area contributed by atoms with Gasteiger partial charge in [0.05, 0.1) is 18.7 Å². The van der Waals surface area contributed by atoms with Gasteiger partial charge in [-0.2, -0.15) is 0 Å². The summed E-state index contributed by atoms with van der Waals surface area (Å²) in [4.78, 5) is 31.1. The van der Waals surface area contributed by atoms with Crippen molar-refractivity contribution in [3.05, 3.63) is 36.9 Å². The summed E-state index contributed by atoms with van der Waals surface area (Å²) in [6, 6.07) is 8.11. The van der Waals surface area contributed by atoms with Crippen LogP contribution in [0.3, 0.4) is 0 Å². The smallest absolute Gasteiger partial charge is 0.233 e. The first-order valence-corrected chi connectivity index (χ1v) is 10.1. The van der Waals surface area contributed by atoms with Gasteiger partial charge in [-0.3, -0.25) is 19.4 Å². The fraction of sp³-hybridized carbons (Fsp3) is 0.545. The Hall–Kier alpha value is -2.34. The number of methoxy groups -OCH3 is 1. The minimum atomic E-state index is -0.227. The first-order chi connectivity index (χ1) is 13.6. The predicted octanol–water partition coefficient (Wildman–Crippen LogP) is 2.40. The number of ether oxygens (including phenoxy) is 1. The third-order valence-corrected chi connectivity index (χ3v) is 5.92. The van der Waals surface area contributed by atoms with Crippen molar-refractivity contribution in [2.24, 2.45) is 11.8 Å². The van der Waals surface area contributed by atoms with Crippen molar-refractivity contribution in [2.75, 3.05) is 51.3 Å². The van der Waals surface area contributed by atoms with Gasteiger partial charge in [-0.05, 0) is 31.5 Å². The molecule has 0 aromatic heterocycles. The van der Waals surface area contributed by atoms with Crippen LogP contribution in [-0.2, 0) is 9.59 Å². The molecule has 152 valence electrons. The van der Waals surface area contributed by atoms with Crippen LogP contribution in [0.1, 0.15) is 19.8 Å². The lowest BCUT2D eigenvalue weighted by atomic mass is 9.94. The van der Waals surface area contributed by atoms with E-state index in [0.29, 0.717) is 13.0 Å². The van der Waals surface area contributed by atoms with E-state index in [1.54, 1.807) is 13.2 Å². The summed E-state index contributed by atoms with van der Waals surface area (Å²) in [5, 5.41) is 0. The first-order valence-electron chi connectivity index (χ1n) is 10.1. The number of carbonyl (C=O) groups is 2. The summed E-state index contributed by atoms with van der Waals surface area (Å²) < 4.78 is 5.47. The molecule has 28 heavy (non-hydrogen) atoms. The first kappa shape index (κ1) is 20.4. The quantitative estimate of drug-likeness (QED) is 0.508. The molecule has 0 radical (unpaired) electrons. The normalized spacial score (nSPS) is 23.4. The number of hydrogen-bond acceptors (Lipinski definition) is 5. The van der Waals surface area contributed by atoms with Gasteiger partial charge in [-0.15, -0.1) is 6.58 Å². The van der Waals surface area contributed by atoms with Crippen LogP contribution in [0.4, 0.5) is 5.69 Å². The number of rotatable bonds is 8. The summed E-state index contributed by atoms with van der Waals surface area (Å²) in [6.45, 7) is 10.8. The minimum absolute atomic E-state index is 0.0293. The Morgan fingerprint density at radius 1 is 1.11 bits per heavy atom. The van der Waals surface area contributed by atoms with Gasteiger partial charge in [0, 0.05) is 38.6 Å². The maximum Gasteiger partial charge on any atom is 0.233 e. The van der Waals surface area contributed by atoms with E-state index in [1.165, 1.54) is 4.90 Å². The Morgan fingerprint density at radius 2 is 1.82 bits per heavy atom. The standard InChI is InChI=1S/C22H31N3O3/c1-4-8-18-17(2)21(26)25(22(18)27)12-7-11-23-13-15-24(16-14-23)19-9-5-6-10-20(19)28-3/h4-6,9-10,17-18H,1,7-8,11-16H2,2-3H3. The number of hydrogen-bond donors (Lipinski definition) is 0. The summed E-state index contributed by atoms with van der Waals surface area (Å²) >= 11 is 0. The molecule has 2 aliphatic heterocycles. The second-order valence-corrected chi connectivity index (χ2v) is 7.60. The van der Waals surface area contributed by atoms with E-state index in [2.05, 4.69) is 22.4 Å². The molecule has 2 atom stereocenters. The maximum absolute atomic E-state index is 12.5. The molecule has 2 aliphatic rings. The molecule has 0 saturated carbocycles. The summed E-state index contributed by atoms with van der Waals surface area (Å²) in [5.41, 5.74) is 1.14. The Balaban J connectivity index is 1.45. The SMILES string of the molecule is C=CCC1C(=O)N(CCCN2CCN(c3ccccc3OC)CC2)C(=O)C1C. The number of benzene rings is 1. The summed E-state index contributed by atoms with van der Waals surface area (Å²) in [6.07, 6.45) is 3.13. The lowest BCUT2D eigenvalue weighted by Gasteiger charge is -2.36. The summed E-state index contributed by atoms with van der Waals surface area (Å²) in [5.74, 6) is 0.394. The van der Waals surface area contributed by atoms with Crippen molar-refractivity contribution in [1.29, 1.82) is 0 Å². The van der Waals surface area contributed by atoms with E-state index < -0.39 is 0 Å². The van der Waals surface area contributed by atoms with Crippen molar-refractivity contribution in [3.63, 3.8) is 0 Å². The van der Waals surface area contributed by atoms with Gasteiger partial charge in [0.25, 0.3) is 0 Å². The van der Waals surface area contributed by atoms with Crippen molar-refractivity contribution < 1.29 is 14.3 Å². The highest BCUT2D eigenvalue weighted by Crippen LogP contribution is 2.30. The molecule has 1 aromatic carbocycles. The number of para-hydroxylation sites is 2. The van der Waals surface area contributed by atoms with Crippen molar-refractivity contribution in [2.45, 2.75) is 19.8 Å². The number of piperazine rings is 1. The Morgan fingerprint density at radius 3 is 2.50 bits per heavy atom. The molecule has 0 aliphatic carbocycles. The van der Waals surface area contributed by atoms with Crippen LogP contribution in [-0.4, -0.2) is 68.0 Å². The second-order valence-electron chi connectivity index (χ2n) is 7.60. The van der Waals surface area contributed by atoms with E-state index in [9.17, 15) is 9.59 Å². The average Bonchev–Trinajstić information content (AvgIpc) is 2.92. The fourth-order valence-electron chi connectivity index (χ4n) is 4.20. The highest BCUT2D eigenvalue weighted by atomic mass is 16.5. The molecule has 2 fully saturated rings. The average molecular weight is 386 g/mol. The number of carbonyl (C=O) groups excluding carboxylic acids is 2. The van der Waals surface area contributed by atoms with E-state index in [4.69, 9.17) is 4.74 Å². The number of anilines is 1. The van der Waals surface area contributed by atoms with E-state index >= 15 is 0 Å². The molecule has 1 aromatic rings. The van der Waals surface area contributed by atoms with Gasteiger partial charge in [-0.1, -0.05) is 25.1 Å². The topological polar surface area (TPSA) is 53.1 Å². The van der Waals surface area contributed by atoms with Crippen LogP contribution in [0.15, 0.2) is 36.9 Å². The summed E-state index contributed by atoms with van der Waals surface area (Å²) in [7, 11) is 1.70. The number of imide groups is 1. The zero-order valence-corrected chi connectivity index (χ0v) is 17.0. The number of amides is 2. The van der Waals surface area contributed by atoms with Crippen LogP contribution in [0, 0.1) is 11.8 Å². The molecule has 0 N–H and O–H groups in total. The van der Waals surface area contributed by atoms with Crippen LogP contribution in [0.2, 0.25) is 0 Å². The van der Waals surface area contributed by atoms with Crippen molar-refractivity contribution in [1.82, 2.24) is 9.80 Å². The molecular weight excluding hydrogens is 354 g/mol. The fourth-order valence-corrected chi connectivity index (χ4v) is 4.20. The van der Waals surface area contributed by atoms with Gasteiger partial charge in [-0.25, -0.2) is 0 Å². The molecule has 0 spiro atoms. The molecular formula is C22H31N3O3. The zero-order chi connectivity index (χ0) is 20.1. The third-order valence-electron chi connectivity index (χ3n) is 5.92. The van der Waals surface area contributed by atoms with E-state index in [1.807, 2.05) is 25.1 Å². The number of nitrogens with zero attached hydrogens (tertiary/aromatic N) is 3. The van der Waals surface area contributed by atoms with Crippen LogP contribution in [0.5, 0.6) is 5.75 Å². The second kappa shape index (κ2) is 9.24. The van der Waals surface area contributed by atoms with Crippen molar-refractivity contribution >= 4 is 17.5 Å². The van der Waals surface area contributed by atoms with E-state index in [0.717, 1.165) is 50.6 Å². The molecule has 6 nitrogen and oxygen atoms in total. The lowest BCUT2D eigenvalue weighted by Crippen LogP contribution is -2.47. The Labute approximate surface area is 167 Å². The zero-order valence-electron chi connectivity index (χ0n) is 17.0. The van der Waals surface area contributed by atoms with Gasteiger partial charge >= 0.3 is 0 Å². The number of likely N-dealkylation sites (tertiary alicyclic amines) is 1. The lowest BCUT2D eigenvalue weighted by molar-refractivity contribution is -0.139. The highest BCUT2D eigenvalue weighted by molar-refractivity contribution is 6.04. The van der Waals surface area contributed by atoms with E-state index in [-0.39, 0.29) is 23.7 Å². The third kappa shape index (κ3) is 4.22. The number of allylic oxidation sites excluding steroid dienone is 1. The van der Waals surface area contributed by atoms with Gasteiger partial charge in [0.15, 0.2) is 0 Å². The maximum atomic E-state index is 12.5. The molecule has 2 amide bonds. The van der Waals surface area contributed by atoms with Crippen LogP contribution < -0.4 is 9.64 Å². The van der Waals surface area contributed by atoms with Gasteiger partial charge in [0.2, 0.25) is 11.8 Å².